The van der Waals surface area contributed by atoms with Gasteiger partial charge in [-0.2, -0.15) is 0 Å². The Balaban J connectivity index is 2.01. The largest absolute Gasteiger partial charge is 0.507 e. The number of carbonyl (C=O) groups is 3. The number of carbonyl (C=O) groups excluding carboxylic acids is 3. The molecule has 1 aliphatic rings. The lowest BCUT2D eigenvalue weighted by atomic mass is 9.93. The van der Waals surface area contributed by atoms with Gasteiger partial charge in [-0.25, -0.2) is 4.98 Å². The molecule has 1 aliphatic heterocycles. The highest BCUT2D eigenvalue weighted by Gasteiger charge is 2.48. The van der Waals surface area contributed by atoms with Gasteiger partial charge in [-0.3, -0.25) is 19.3 Å². The second kappa shape index (κ2) is 8.99. The highest BCUT2D eigenvalue weighted by Crippen LogP contribution is 2.45. The number of methoxy groups -OCH3 is 1. The zero-order valence-corrected chi connectivity index (χ0v) is 20.7. The standard InChI is InChI=1S/C26H24N2O6S/c1-12-6-7-13(2)17(10-12)22(31)20-21(16-8-9-18(30)19(11-16)34-5)28(25(33)23(20)32)26-27-14(3)24(35-26)15(4)29/h6-11,21,30-31H,1-5H3/b22-20+. The number of amides is 1. The van der Waals surface area contributed by atoms with Gasteiger partial charge < -0.3 is 14.9 Å². The highest BCUT2D eigenvalue weighted by atomic mass is 32.1. The Morgan fingerprint density at radius 1 is 1.11 bits per heavy atom. The van der Waals surface area contributed by atoms with E-state index in [1.165, 1.54) is 31.1 Å². The van der Waals surface area contributed by atoms with E-state index in [1.807, 2.05) is 19.1 Å². The monoisotopic (exact) mass is 492 g/mol. The Labute approximate surface area is 206 Å². The van der Waals surface area contributed by atoms with Gasteiger partial charge >= 0.3 is 5.91 Å². The van der Waals surface area contributed by atoms with Crippen molar-refractivity contribution in [3.05, 3.63) is 74.8 Å². The van der Waals surface area contributed by atoms with Crippen molar-refractivity contribution in [3.63, 3.8) is 0 Å². The van der Waals surface area contributed by atoms with Gasteiger partial charge in [0.2, 0.25) is 0 Å². The van der Waals surface area contributed by atoms with E-state index >= 15 is 0 Å². The fourth-order valence-electron chi connectivity index (χ4n) is 4.16. The van der Waals surface area contributed by atoms with Crippen molar-refractivity contribution in [2.75, 3.05) is 12.0 Å². The molecule has 1 aromatic heterocycles. The van der Waals surface area contributed by atoms with Crippen LogP contribution in [0, 0.1) is 20.8 Å². The molecule has 1 fully saturated rings. The summed E-state index contributed by atoms with van der Waals surface area (Å²) in [6, 6.07) is 8.83. The van der Waals surface area contributed by atoms with Crippen LogP contribution in [-0.4, -0.2) is 39.8 Å². The summed E-state index contributed by atoms with van der Waals surface area (Å²) < 4.78 is 5.24. The number of benzene rings is 2. The van der Waals surface area contributed by atoms with Crippen molar-refractivity contribution in [1.82, 2.24) is 4.98 Å². The van der Waals surface area contributed by atoms with Gasteiger partial charge in [0.05, 0.1) is 29.3 Å². The lowest BCUT2D eigenvalue weighted by Crippen LogP contribution is -2.29. The average Bonchev–Trinajstić information content (AvgIpc) is 3.32. The van der Waals surface area contributed by atoms with Gasteiger partial charge in [-0.15, -0.1) is 0 Å². The molecule has 0 radical (unpaired) electrons. The molecule has 0 aliphatic carbocycles. The molecule has 1 unspecified atom stereocenters. The molecule has 0 saturated carbocycles. The predicted octanol–water partition coefficient (Wildman–Crippen LogP) is 4.61. The molecule has 1 atom stereocenters. The van der Waals surface area contributed by atoms with Crippen molar-refractivity contribution in [2.24, 2.45) is 0 Å². The summed E-state index contributed by atoms with van der Waals surface area (Å²) in [5.74, 6) is -2.26. The maximum atomic E-state index is 13.4. The smallest absolute Gasteiger partial charge is 0.301 e. The maximum Gasteiger partial charge on any atom is 0.301 e. The van der Waals surface area contributed by atoms with Crippen LogP contribution in [-0.2, 0) is 9.59 Å². The highest BCUT2D eigenvalue weighted by molar-refractivity contribution is 7.18. The van der Waals surface area contributed by atoms with E-state index in [2.05, 4.69) is 4.98 Å². The van der Waals surface area contributed by atoms with Crippen molar-refractivity contribution in [1.29, 1.82) is 0 Å². The second-order valence-corrected chi connectivity index (χ2v) is 9.36. The molecule has 2 aromatic carbocycles. The minimum Gasteiger partial charge on any atom is -0.507 e. The molecule has 0 spiro atoms. The zero-order chi connectivity index (χ0) is 25.6. The Morgan fingerprint density at radius 3 is 2.46 bits per heavy atom. The number of Topliss-reactive ketones (excluding diaryl/α,β-unsaturated/α-hetero) is 2. The predicted molar refractivity (Wildman–Crippen MR) is 132 cm³/mol. The number of hydrogen-bond donors (Lipinski definition) is 2. The van der Waals surface area contributed by atoms with E-state index in [9.17, 15) is 24.6 Å². The number of aryl methyl sites for hydroxylation is 3. The van der Waals surface area contributed by atoms with Gasteiger partial charge in [0.15, 0.2) is 22.4 Å². The summed E-state index contributed by atoms with van der Waals surface area (Å²) >= 11 is 1.00. The lowest BCUT2D eigenvalue weighted by Gasteiger charge is -2.23. The van der Waals surface area contributed by atoms with Crippen molar-refractivity contribution in [3.8, 4) is 11.5 Å². The van der Waals surface area contributed by atoms with Crippen LogP contribution in [0.1, 0.15) is 50.6 Å². The molecule has 1 amide bonds. The number of aliphatic hydroxyl groups excluding tert-OH is 1. The van der Waals surface area contributed by atoms with E-state index < -0.39 is 17.7 Å². The molecular weight excluding hydrogens is 468 g/mol. The van der Waals surface area contributed by atoms with E-state index in [4.69, 9.17) is 4.74 Å². The number of thiazole rings is 1. The van der Waals surface area contributed by atoms with E-state index in [0.29, 0.717) is 21.7 Å². The molecule has 180 valence electrons. The first-order valence-electron chi connectivity index (χ1n) is 10.8. The van der Waals surface area contributed by atoms with Gasteiger partial charge in [0.25, 0.3) is 5.78 Å². The fraction of sp³-hybridized carbons (Fsp3) is 0.231. The zero-order valence-electron chi connectivity index (χ0n) is 19.9. The number of ketones is 2. The summed E-state index contributed by atoms with van der Waals surface area (Å²) in [5, 5.41) is 21.6. The summed E-state index contributed by atoms with van der Waals surface area (Å²) in [4.78, 5) is 44.7. The molecule has 0 bridgehead atoms. The molecule has 3 aromatic rings. The van der Waals surface area contributed by atoms with Crippen LogP contribution >= 0.6 is 11.3 Å². The number of hydrogen-bond acceptors (Lipinski definition) is 8. The Bertz CT molecular complexity index is 1420. The average molecular weight is 493 g/mol. The number of aliphatic hydroxyl groups is 1. The third kappa shape index (κ3) is 4.08. The number of rotatable bonds is 5. The van der Waals surface area contributed by atoms with E-state index in [-0.39, 0.29) is 33.7 Å². The fourth-order valence-corrected chi connectivity index (χ4v) is 5.15. The summed E-state index contributed by atoms with van der Waals surface area (Å²) in [6.45, 7) is 6.72. The Morgan fingerprint density at radius 2 is 1.83 bits per heavy atom. The number of nitrogens with zero attached hydrogens (tertiary/aromatic N) is 2. The summed E-state index contributed by atoms with van der Waals surface area (Å²) in [5.41, 5.74) is 2.77. The SMILES string of the molecule is COc1cc(C2/C(=C(\O)c3cc(C)ccc3C)C(=O)C(=O)N2c2nc(C)c(C(C)=O)s2)ccc1O. The number of ether oxygens (including phenoxy) is 1. The number of phenolic OH excluding ortho intramolecular Hbond substituents is 1. The second-order valence-electron chi connectivity index (χ2n) is 8.39. The number of phenols is 1. The first-order chi connectivity index (χ1) is 16.5. The van der Waals surface area contributed by atoms with Gasteiger partial charge in [-0.05, 0) is 50.1 Å². The van der Waals surface area contributed by atoms with Crippen LogP contribution in [0.3, 0.4) is 0 Å². The lowest BCUT2D eigenvalue weighted by molar-refractivity contribution is -0.132. The normalized spacial score (nSPS) is 17.2. The minimum atomic E-state index is -1.06. The Hall–Kier alpha value is -3.98. The van der Waals surface area contributed by atoms with Gasteiger partial charge in [0, 0.05) is 12.5 Å². The Kier molecular flexibility index (Phi) is 6.21. The molecular formula is C26H24N2O6S. The van der Waals surface area contributed by atoms with Crippen LogP contribution in [0.4, 0.5) is 5.13 Å². The summed E-state index contributed by atoms with van der Waals surface area (Å²) in [6.07, 6.45) is 0. The van der Waals surface area contributed by atoms with Crippen molar-refractivity contribution in [2.45, 2.75) is 33.7 Å². The molecule has 9 heteroatoms. The molecule has 8 nitrogen and oxygen atoms in total. The topological polar surface area (TPSA) is 117 Å². The van der Waals surface area contributed by atoms with E-state index in [0.717, 1.165) is 22.5 Å². The molecule has 2 N–H and O–H groups in total. The van der Waals surface area contributed by atoms with Crippen LogP contribution in [0.15, 0.2) is 42.0 Å². The first-order valence-corrected chi connectivity index (χ1v) is 11.6. The number of anilines is 1. The minimum absolute atomic E-state index is 0.117. The third-order valence-corrected chi connectivity index (χ3v) is 7.18. The first kappa shape index (κ1) is 24.2. The molecule has 4 rings (SSSR count). The maximum absolute atomic E-state index is 13.4. The van der Waals surface area contributed by atoms with Crippen molar-refractivity contribution >= 4 is 39.7 Å². The van der Waals surface area contributed by atoms with E-state index in [1.54, 1.807) is 26.0 Å². The summed E-state index contributed by atoms with van der Waals surface area (Å²) in [7, 11) is 1.38. The number of aromatic hydroxyl groups is 1. The number of aromatic nitrogens is 1. The van der Waals surface area contributed by atoms with Crippen LogP contribution in [0.25, 0.3) is 5.76 Å². The van der Waals surface area contributed by atoms with Crippen LogP contribution in [0.5, 0.6) is 11.5 Å². The van der Waals surface area contributed by atoms with Crippen molar-refractivity contribution < 1.29 is 29.3 Å². The quantitative estimate of drug-likeness (QED) is 0.231. The van der Waals surface area contributed by atoms with Gasteiger partial charge in [-0.1, -0.05) is 35.1 Å². The third-order valence-electron chi connectivity index (χ3n) is 5.92. The molecule has 1 saturated heterocycles. The van der Waals surface area contributed by atoms with Crippen LogP contribution < -0.4 is 9.64 Å². The van der Waals surface area contributed by atoms with Crippen LogP contribution in [0.2, 0.25) is 0 Å². The molecule has 35 heavy (non-hydrogen) atoms. The molecule has 2 heterocycles. The van der Waals surface area contributed by atoms with Gasteiger partial charge in [0.1, 0.15) is 5.76 Å².